The first-order valence-corrected chi connectivity index (χ1v) is 9.82. The minimum atomic E-state index is -0.328. The highest BCUT2D eigenvalue weighted by atomic mass is 19.1. The summed E-state index contributed by atoms with van der Waals surface area (Å²) >= 11 is 0. The van der Waals surface area contributed by atoms with Gasteiger partial charge in [-0.05, 0) is 57.2 Å². The molecular formula is C22H26FN5O. The predicted octanol–water partition coefficient (Wildman–Crippen LogP) is 3.81. The Balaban J connectivity index is 1.58. The predicted molar refractivity (Wildman–Crippen MR) is 115 cm³/mol. The highest BCUT2D eigenvalue weighted by Gasteiger charge is 2.30. The number of piperazine rings is 1. The van der Waals surface area contributed by atoms with Crippen molar-refractivity contribution >= 4 is 34.5 Å². The second kappa shape index (κ2) is 7.39. The Kier molecular flexibility index (Phi) is 4.90. The van der Waals surface area contributed by atoms with Crippen LogP contribution < -0.4 is 15.1 Å². The fourth-order valence-electron chi connectivity index (χ4n) is 3.81. The molecule has 1 aromatic carbocycles. The average Bonchev–Trinajstić information content (AvgIpc) is 3.09. The van der Waals surface area contributed by atoms with Gasteiger partial charge in [0.1, 0.15) is 24.0 Å². The van der Waals surface area contributed by atoms with Gasteiger partial charge in [0.15, 0.2) is 5.82 Å². The maximum absolute atomic E-state index is 13.5. The summed E-state index contributed by atoms with van der Waals surface area (Å²) in [6.07, 6.45) is 2.75. The summed E-state index contributed by atoms with van der Waals surface area (Å²) in [7, 11) is 0. The lowest BCUT2D eigenvalue weighted by Gasteiger charge is -2.41. The number of halogens is 1. The quantitative estimate of drug-likeness (QED) is 0.658. The van der Waals surface area contributed by atoms with Gasteiger partial charge in [0, 0.05) is 42.3 Å². The maximum Gasteiger partial charge on any atom is 0.152 e. The molecule has 0 amide bonds. The molecule has 29 heavy (non-hydrogen) atoms. The first-order valence-electron chi connectivity index (χ1n) is 9.82. The van der Waals surface area contributed by atoms with E-state index in [1.165, 1.54) is 12.1 Å². The molecule has 2 N–H and O–H groups in total. The second-order valence-electron chi connectivity index (χ2n) is 8.48. The van der Waals surface area contributed by atoms with E-state index in [1.54, 1.807) is 12.3 Å². The van der Waals surface area contributed by atoms with Crippen LogP contribution in [0.4, 0.5) is 21.7 Å². The Hall–Kier alpha value is -3.09. The number of aromatic nitrogens is 2. The number of benzene rings is 1. The first-order chi connectivity index (χ1) is 13.8. The summed E-state index contributed by atoms with van der Waals surface area (Å²) in [6.45, 7) is 8.23. The number of fused-ring (bicyclic) bond motifs is 1. The molecule has 7 heteroatoms. The molecule has 152 valence electrons. The number of hydrogen-bond donors (Lipinski definition) is 2. The van der Waals surface area contributed by atoms with Gasteiger partial charge in [-0.15, -0.1) is 0 Å². The molecule has 0 radical (unpaired) electrons. The standard InChI is InChI=1S/C22H26FN5O/c1-22(2,3)26-19-5-4-8-24-21(19)27-9-10-28(17(13-27)14-29)20-12-15-11-16(23)6-7-18(15)25-20/h4-8,11-12,14,17,25-26H,9-10,13H2,1-3H3. The molecule has 1 fully saturated rings. The van der Waals surface area contributed by atoms with E-state index in [-0.39, 0.29) is 17.4 Å². The van der Waals surface area contributed by atoms with Gasteiger partial charge in [0.2, 0.25) is 0 Å². The molecule has 6 nitrogen and oxygen atoms in total. The third-order valence-electron chi connectivity index (χ3n) is 5.05. The van der Waals surface area contributed by atoms with Crippen molar-refractivity contribution in [3.05, 3.63) is 48.4 Å². The number of aromatic amines is 1. The Morgan fingerprint density at radius 3 is 2.83 bits per heavy atom. The van der Waals surface area contributed by atoms with Crippen LogP contribution in [0.15, 0.2) is 42.6 Å². The van der Waals surface area contributed by atoms with Crippen LogP contribution in [0.1, 0.15) is 20.8 Å². The summed E-state index contributed by atoms with van der Waals surface area (Å²) in [5.41, 5.74) is 1.72. The maximum atomic E-state index is 13.5. The van der Waals surface area contributed by atoms with E-state index in [0.29, 0.717) is 13.1 Å². The zero-order valence-electron chi connectivity index (χ0n) is 16.9. The van der Waals surface area contributed by atoms with Crippen molar-refractivity contribution in [3.8, 4) is 0 Å². The summed E-state index contributed by atoms with van der Waals surface area (Å²) in [5.74, 6) is 1.41. The molecule has 1 unspecified atom stereocenters. The monoisotopic (exact) mass is 395 g/mol. The molecule has 3 heterocycles. The topological polar surface area (TPSA) is 64.3 Å². The van der Waals surface area contributed by atoms with Crippen LogP contribution in [0.2, 0.25) is 0 Å². The van der Waals surface area contributed by atoms with Crippen LogP contribution in [0.25, 0.3) is 10.9 Å². The van der Waals surface area contributed by atoms with Gasteiger partial charge in [0.05, 0.1) is 5.69 Å². The van der Waals surface area contributed by atoms with Crippen LogP contribution in [0.5, 0.6) is 0 Å². The van der Waals surface area contributed by atoms with Gasteiger partial charge in [-0.3, -0.25) is 0 Å². The Morgan fingerprint density at radius 1 is 1.24 bits per heavy atom. The zero-order valence-corrected chi connectivity index (χ0v) is 16.9. The van der Waals surface area contributed by atoms with Crippen molar-refractivity contribution < 1.29 is 9.18 Å². The smallest absolute Gasteiger partial charge is 0.152 e. The number of nitrogens with one attached hydrogen (secondary N) is 2. The Morgan fingerprint density at radius 2 is 2.07 bits per heavy atom. The molecule has 3 aromatic rings. The number of hydrogen-bond acceptors (Lipinski definition) is 5. The van der Waals surface area contributed by atoms with E-state index in [4.69, 9.17) is 0 Å². The molecule has 0 spiro atoms. The van der Waals surface area contributed by atoms with E-state index in [2.05, 4.69) is 41.0 Å². The van der Waals surface area contributed by atoms with Crippen LogP contribution in [0.3, 0.4) is 0 Å². The highest BCUT2D eigenvalue weighted by molar-refractivity contribution is 5.85. The lowest BCUT2D eigenvalue weighted by Crippen LogP contribution is -2.54. The molecule has 0 bridgehead atoms. The molecule has 0 saturated carbocycles. The molecule has 1 saturated heterocycles. The largest absolute Gasteiger partial charge is 0.377 e. The zero-order chi connectivity index (χ0) is 20.6. The number of aldehydes is 1. The fourth-order valence-corrected chi connectivity index (χ4v) is 3.81. The molecule has 1 atom stereocenters. The van der Waals surface area contributed by atoms with E-state index < -0.39 is 0 Å². The average molecular weight is 395 g/mol. The molecule has 0 aliphatic carbocycles. The first kappa shape index (κ1) is 19.2. The minimum Gasteiger partial charge on any atom is -0.377 e. The molecule has 1 aliphatic heterocycles. The third-order valence-corrected chi connectivity index (χ3v) is 5.05. The van der Waals surface area contributed by atoms with Crippen molar-refractivity contribution in [2.75, 3.05) is 34.8 Å². The number of anilines is 3. The molecule has 1 aliphatic rings. The van der Waals surface area contributed by atoms with Crippen molar-refractivity contribution in [3.63, 3.8) is 0 Å². The van der Waals surface area contributed by atoms with Gasteiger partial charge in [0.25, 0.3) is 0 Å². The number of carbonyl (C=O) groups is 1. The SMILES string of the molecule is CC(C)(C)Nc1cccnc1N1CCN(c2cc3cc(F)ccc3[nH]2)C(C=O)C1. The van der Waals surface area contributed by atoms with Gasteiger partial charge >= 0.3 is 0 Å². The number of carbonyl (C=O) groups excluding carboxylic acids is 1. The van der Waals surface area contributed by atoms with Crippen LogP contribution in [-0.2, 0) is 4.79 Å². The van der Waals surface area contributed by atoms with E-state index >= 15 is 0 Å². The van der Waals surface area contributed by atoms with Crippen molar-refractivity contribution in [1.82, 2.24) is 9.97 Å². The summed E-state index contributed by atoms with van der Waals surface area (Å²) in [6, 6.07) is 10.2. The van der Waals surface area contributed by atoms with Gasteiger partial charge < -0.3 is 24.9 Å². The number of nitrogens with zero attached hydrogens (tertiary/aromatic N) is 3. The lowest BCUT2D eigenvalue weighted by atomic mass is 10.1. The normalized spacial score (nSPS) is 17.6. The lowest BCUT2D eigenvalue weighted by molar-refractivity contribution is -0.109. The molecule has 2 aromatic heterocycles. The Bertz CT molecular complexity index is 1030. The summed E-state index contributed by atoms with van der Waals surface area (Å²) in [4.78, 5) is 24.0. The molecular weight excluding hydrogens is 369 g/mol. The van der Waals surface area contributed by atoms with E-state index in [0.717, 1.165) is 41.1 Å². The fraction of sp³-hybridized carbons (Fsp3) is 0.364. The van der Waals surface area contributed by atoms with Crippen molar-refractivity contribution in [1.29, 1.82) is 0 Å². The van der Waals surface area contributed by atoms with Crippen LogP contribution in [-0.4, -0.2) is 47.5 Å². The van der Waals surface area contributed by atoms with Crippen molar-refractivity contribution in [2.24, 2.45) is 0 Å². The van der Waals surface area contributed by atoms with Gasteiger partial charge in [-0.2, -0.15) is 0 Å². The number of rotatable bonds is 4. The minimum absolute atomic E-state index is 0.0940. The highest BCUT2D eigenvalue weighted by Crippen LogP contribution is 2.30. The van der Waals surface area contributed by atoms with E-state index in [9.17, 15) is 9.18 Å². The van der Waals surface area contributed by atoms with Gasteiger partial charge in [-0.1, -0.05) is 0 Å². The van der Waals surface area contributed by atoms with Crippen LogP contribution in [0, 0.1) is 5.82 Å². The summed E-state index contributed by atoms with van der Waals surface area (Å²) < 4.78 is 13.5. The number of pyridine rings is 1. The van der Waals surface area contributed by atoms with Crippen LogP contribution >= 0.6 is 0 Å². The third kappa shape index (κ3) is 4.04. The Labute approximate surface area is 169 Å². The van der Waals surface area contributed by atoms with Gasteiger partial charge in [-0.25, -0.2) is 9.37 Å². The number of H-pyrrole nitrogens is 1. The van der Waals surface area contributed by atoms with Crippen molar-refractivity contribution in [2.45, 2.75) is 32.4 Å². The summed E-state index contributed by atoms with van der Waals surface area (Å²) in [5, 5.41) is 4.30. The molecule has 4 rings (SSSR count). The van der Waals surface area contributed by atoms with E-state index in [1.807, 2.05) is 23.1 Å². The second-order valence-corrected chi connectivity index (χ2v) is 8.48.